The summed E-state index contributed by atoms with van der Waals surface area (Å²) in [5.41, 5.74) is 0.815. The van der Waals surface area contributed by atoms with Crippen LogP contribution in [0.1, 0.15) is 81.1 Å². The molecular weight excluding hydrogens is 224 g/mol. The second-order valence-corrected chi connectivity index (χ2v) is 9.96. The molecule has 1 aliphatic heterocycles. The first-order valence-corrected chi connectivity index (χ1v) is 7.99. The monoisotopic (exact) mass is 256 g/mol. The average Bonchev–Trinajstić information content (AvgIpc) is 2.44. The van der Waals surface area contributed by atoms with Gasteiger partial charge in [0.05, 0.1) is 0 Å². The molecule has 0 radical (unpaired) electrons. The van der Waals surface area contributed by atoms with Crippen molar-refractivity contribution in [3.05, 3.63) is 0 Å². The third-order valence-corrected chi connectivity index (χ3v) is 7.71. The van der Waals surface area contributed by atoms with E-state index in [2.05, 4.69) is 67.2 Å². The third kappa shape index (κ3) is 2.69. The highest BCUT2D eigenvalue weighted by Gasteiger charge is 2.55. The summed E-state index contributed by atoms with van der Waals surface area (Å²) in [6.07, 6.45) is 5.44. The van der Waals surface area contributed by atoms with E-state index in [1.54, 1.807) is 0 Å². The van der Waals surface area contributed by atoms with Crippen molar-refractivity contribution in [2.24, 2.45) is 10.8 Å². The minimum absolute atomic E-state index is 0.401. The lowest BCUT2D eigenvalue weighted by Gasteiger charge is -2.46. The van der Waals surface area contributed by atoms with Gasteiger partial charge in [-0.3, -0.25) is 0 Å². The fourth-order valence-electron chi connectivity index (χ4n) is 2.98. The predicted molar refractivity (Wildman–Crippen MR) is 81.8 cm³/mol. The SMILES string of the molecule is CCCC1(C(C)(C)C)CCC(C)(C(C)(C)C)S1. The zero-order valence-electron chi connectivity index (χ0n) is 13.2. The van der Waals surface area contributed by atoms with Gasteiger partial charge in [0, 0.05) is 9.49 Å². The maximum absolute atomic E-state index is 2.49. The third-order valence-electron chi connectivity index (χ3n) is 5.03. The van der Waals surface area contributed by atoms with Gasteiger partial charge in [0.2, 0.25) is 0 Å². The lowest BCUT2D eigenvalue weighted by Crippen LogP contribution is -2.40. The van der Waals surface area contributed by atoms with Crippen molar-refractivity contribution < 1.29 is 0 Å². The van der Waals surface area contributed by atoms with Gasteiger partial charge >= 0.3 is 0 Å². The average molecular weight is 256 g/mol. The van der Waals surface area contributed by atoms with Crippen LogP contribution in [0.3, 0.4) is 0 Å². The second kappa shape index (κ2) is 4.47. The van der Waals surface area contributed by atoms with Gasteiger partial charge in [-0.25, -0.2) is 0 Å². The van der Waals surface area contributed by atoms with Crippen LogP contribution in [-0.4, -0.2) is 9.49 Å². The standard InChI is InChI=1S/C16H32S/c1-9-10-16(14(5,6)7)12-11-15(8,17-16)13(2,3)4/h9-12H2,1-8H3. The summed E-state index contributed by atoms with van der Waals surface area (Å²) in [5, 5.41) is 0. The van der Waals surface area contributed by atoms with Gasteiger partial charge in [-0.1, -0.05) is 54.9 Å². The largest absolute Gasteiger partial charge is 0.148 e. The van der Waals surface area contributed by atoms with Gasteiger partial charge < -0.3 is 0 Å². The summed E-state index contributed by atoms with van der Waals surface area (Å²) >= 11 is 2.30. The smallest absolute Gasteiger partial charge is 0.0214 e. The van der Waals surface area contributed by atoms with Crippen LogP contribution in [0.15, 0.2) is 0 Å². The molecule has 0 nitrogen and oxygen atoms in total. The molecule has 0 aliphatic carbocycles. The van der Waals surface area contributed by atoms with Crippen molar-refractivity contribution in [2.45, 2.75) is 90.6 Å². The van der Waals surface area contributed by atoms with E-state index in [0.29, 0.717) is 20.3 Å². The maximum atomic E-state index is 2.49. The molecule has 0 aromatic rings. The van der Waals surface area contributed by atoms with Gasteiger partial charge in [0.15, 0.2) is 0 Å². The van der Waals surface area contributed by atoms with Crippen LogP contribution in [0.2, 0.25) is 0 Å². The van der Waals surface area contributed by atoms with E-state index >= 15 is 0 Å². The maximum Gasteiger partial charge on any atom is 0.0214 e. The van der Waals surface area contributed by atoms with Gasteiger partial charge in [-0.05, 0) is 37.0 Å². The highest BCUT2D eigenvalue weighted by Crippen LogP contribution is 2.64. The zero-order chi connectivity index (χ0) is 13.5. The molecule has 102 valence electrons. The molecule has 2 unspecified atom stereocenters. The summed E-state index contributed by atoms with van der Waals surface area (Å²) < 4.78 is 0.930. The zero-order valence-corrected chi connectivity index (χ0v) is 14.1. The predicted octanol–water partition coefficient (Wildman–Crippen LogP) is 5.90. The van der Waals surface area contributed by atoms with Gasteiger partial charge in [-0.2, -0.15) is 0 Å². The Hall–Kier alpha value is 0.350. The van der Waals surface area contributed by atoms with Crippen molar-refractivity contribution in [3.63, 3.8) is 0 Å². The molecule has 1 fully saturated rings. The normalized spacial score (nSPS) is 35.3. The molecule has 1 saturated heterocycles. The molecule has 0 aromatic carbocycles. The van der Waals surface area contributed by atoms with Gasteiger partial charge in [-0.15, -0.1) is 11.8 Å². The van der Waals surface area contributed by atoms with Crippen LogP contribution >= 0.6 is 11.8 Å². The first-order valence-electron chi connectivity index (χ1n) is 7.18. The Balaban J connectivity index is 3.02. The molecule has 0 aromatic heterocycles. The lowest BCUT2D eigenvalue weighted by atomic mass is 9.72. The fourth-order valence-corrected chi connectivity index (χ4v) is 5.17. The highest BCUT2D eigenvalue weighted by molar-refractivity contribution is 8.02. The molecule has 17 heavy (non-hydrogen) atoms. The van der Waals surface area contributed by atoms with E-state index in [1.165, 1.54) is 25.7 Å². The van der Waals surface area contributed by atoms with E-state index in [9.17, 15) is 0 Å². The van der Waals surface area contributed by atoms with Crippen LogP contribution < -0.4 is 0 Å². The molecule has 2 atom stereocenters. The van der Waals surface area contributed by atoms with E-state index in [0.717, 1.165) is 0 Å². The summed E-state index contributed by atoms with van der Waals surface area (Å²) in [6, 6.07) is 0. The molecule has 0 spiro atoms. The first kappa shape index (κ1) is 15.4. The molecular formula is C16H32S. The van der Waals surface area contributed by atoms with Crippen LogP contribution in [-0.2, 0) is 0 Å². The topological polar surface area (TPSA) is 0 Å². The lowest BCUT2D eigenvalue weighted by molar-refractivity contribution is 0.244. The molecule has 0 bridgehead atoms. The number of hydrogen-bond acceptors (Lipinski definition) is 1. The van der Waals surface area contributed by atoms with E-state index < -0.39 is 0 Å². The van der Waals surface area contributed by atoms with Gasteiger partial charge in [0.25, 0.3) is 0 Å². The molecule has 0 saturated carbocycles. The Morgan fingerprint density at radius 3 is 1.76 bits per heavy atom. The van der Waals surface area contributed by atoms with Crippen molar-refractivity contribution in [1.82, 2.24) is 0 Å². The van der Waals surface area contributed by atoms with E-state index in [-0.39, 0.29) is 0 Å². The minimum Gasteiger partial charge on any atom is -0.148 e. The summed E-state index contributed by atoms with van der Waals surface area (Å²) in [4.78, 5) is 0. The molecule has 0 N–H and O–H groups in total. The van der Waals surface area contributed by atoms with E-state index in [1.807, 2.05) is 0 Å². The quantitative estimate of drug-likeness (QED) is 0.592. The molecule has 1 rings (SSSR count). The minimum atomic E-state index is 0.401. The molecule has 0 amide bonds. The van der Waals surface area contributed by atoms with Crippen molar-refractivity contribution in [2.75, 3.05) is 0 Å². The second-order valence-electron chi connectivity index (χ2n) is 8.08. The van der Waals surface area contributed by atoms with Crippen LogP contribution in [0.5, 0.6) is 0 Å². The van der Waals surface area contributed by atoms with Crippen LogP contribution in [0.25, 0.3) is 0 Å². The van der Waals surface area contributed by atoms with Crippen molar-refractivity contribution in [3.8, 4) is 0 Å². The fraction of sp³-hybridized carbons (Fsp3) is 1.00. The van der Waals surface area contributed by atoms with Crippen LogP contribution in [0.4, 0.5) is 0 Å². The Morgan fingerprint density at radius 2 is 1.47 bits per heavy atom. The Labute approximate surface area is 113 Å². The van der Waals surface area contributed by atoms with Crippen molar-refractivity contribution >= 4 is 11.8 Å². The Morgan fingerprint density at radius 1 is 0.941 bits per heavy atom. The summed E-state index contributed by atoms with van der Waals surface area (Å²) in [7, 11) is 0. The molecule has 1 heterocycles. The highest BCUT2D eigenvalue weighted by atomic mass is 32.2. The molecule has 1 heteroatoms. The first-order chi connectivity index (χ1) is 7.47. The molecule has 1 aliphatic rings. The number of hydrogen-bond donors (Lipinski definition) is 0. The number of rotatable bonds is 2. The summed E-state index contributed by atoms with van der Waals surface area (Å²) in [5.74, 6) is 0. The van der Waals surface area contributed by atoms with Crippen LogP contribution in [0, 0.1) is 10.8 Å². The van der Waals surface area contributed by atoms with Crippen molar-refractivity contribution in [1.29, 1.82) is 0 Å². The van der Waals surface area contributed by atoms with Gasteiger partial charge in [0.1, 0.15) is 0 Å². The summed E-state index contributed by atoms with van der Waals surface area (Å²) in [6.45, 7) is 19.3. The Bertz CT molecular complexity index is 268. The van der Waals surface area contributed by atoms with E-state index in [4.69, 9.17) is 0 Å². The number of thioether (sulfide) groups is 1. The Kier molecular flexibility index (Phi) is 4.05.